The van der Waals surface area contributed by atoms with Crippen molar-refractivity contribution in [2.75, 3.05) is 13.2 Å². The fourth-order valence-corrected chi connectivity index (χ4v) is 2.74. The summed E-state index contributed by atoms with van der Waals surface area (Å²) < 4.78 is 5.84. The highest BCUT2D eigenvalue weighted by molar-refractivity contribution is 5.31. The van der Waals surface area contributed by atoms with E-state index in [0.29, 0.717) is 12.1 Å². The lowest BCUT2D eigenvalue weighted by molar-refractivity contribution is 0.0788. The van der Waals surface area contributed by atoms with Crippen LogP contribution in [0.5, 0.6) is 0 Å². The van der Waals surface area contributed by atoms with E-state index in [4.69, 9.17) is 4.74 Å². The maximum Gasteiger partial charge on any atom is 0.0770 e. The topological polar surface area (TPSA) is 21.3 Å². The minimum atomic E-state index is 0.344. The first-order valence-corrected chi connectivity index (χ1v) is 6.64. The molecule has 0 aliphatic carbocycles. The van der Waals surface area contributed by atoms with E-state index >= 15 is 0 Å². The molecular weight excluding hydrogens is 210 g/mol. The fraction of sp³-hybridized carbons (Fsp3) is 0.600. The Labute approximate surface area is 104 Å². The minimum absolute atomic E-state index is 0.344. The number of hydrogen-bond donors (Lipinski definition) is 1. The predicted octanol–water partition coefficient (Wildman–Crippen LogP) is 3.13. The molecule has 2 heteroatoms. The maximum atomic E-state index is 5.84. The molecule has 0 aromatic heterocycles. The first kappa shape index (κ1) is 12.6. The molecule has 17 heavy (non-hydrogen) atoms. The number of nitrogens with one attached hydrogen (secondary N) is 1. The molecule has 2 atom stereocenters. The van der Waals surface area contributed by atoms with Crippen LogP contribution in [-0.4, -0.2) is 19.3 Å². The molecule has 1 heterocycles. The van der Waals surface area contributed by atoms with Gasteiger partial charge in [0, 0.05) is 6.61 Å². The van der Waals surface area contributed by atoms with Crippen molar-refractivity contribution in [3.63, 3.8) is 0 Å². The van der Waals surface area contributed by atoms with Gasteiger partial charge in [-0.05, 0) is 38.8 Å². The Morgan fingerprint density at radius 1 is 1.29 bits per heavy atom. The van der Waals surface area contributed by atoms with Crippen molar-refractivity contribution in [3.8, 4) is 0 Å². The lowest BCUT2D eigenvalue weighted by Crippen LogP contribution is -2.31. The standard InChI is InChI=1S/C15H23NO/c1-4-16-15(14-6-5-7-17-14)13-9-11(2)8-12(3)10-13/h8-10,14-16H,4-7H2,1-3H3. The smallest absolute Gasteiger partial charge is 0.0770 e. The third kappa shape index (κ3) is 3.08. The molecule has 0 bridgehead atoms. The third-order valence-corrected chi connectivity index (χ3v) is 3.36. The number of rotatable bonds is 4. The quantitative estimate of drug-likeness (QED) is 0.862. The Hall–Kier alpha value is -0.860. The molecule has 1 saturated heterocycles. The first-order chi connectivity index (χ1) is 8.20. The second-order valence-electron chi connectivity index (χ2n) is 5.01. The molecule has 0 saturated carbocycles. The SMILES string of the molecule is CCNC(c1cc(C)cc(C)c1)C1CCCO1. The van der Waals surface area contributed by atoms with Gasteiger partial charge >= 0.3 is 0 Å². The average molecular weight is 233 g/mol. The largest absolute Gasteiger partial charge is 0.376 e. The van der Waals surface area contributed by atoms with Gasteiger partial charge in [-0.25, -0.2) is 0 Å². The maximum absolute atomic E-state index is 5.84. The molecule has 1 fully saturated rings. The Kier molecular flexibility index (Phi) is 4.19. The highest BCUT2D eigenvalue weighted by Gasteiger charge is 2.26. The van der Waals surface area contributed by atoms with E-state index in [1.807, 2.05) is 0 Å². The van der Waals surface area contributed by atoms with Gasteiger partial charge in [-0.2, -0.15) is 0 Å². The first-order valence-electron chi connectivity index (χ1n) is 6.64. The number of ether oxygens (including phenoxy) is 1. The molecule has 0 amide bonds. The van der Waals surface area contributed by atoms with Crippen molar-refractivity contribution in [3.05, 3.63) is 34.9 Å². The van der Waals surface area contributed by atoms with E-state index in [0.717, 1.165) is 13.2 Å². The van der Waals surface area contributed by atoms with Crippen molar-refractivity contribution < 1.29 is 4.74 Å². The van der Waals surface area contributed by atoms with Crippen LogP contribution in [0.15, 0.2) is 18.2 Å². The highest BCUT2D eigenvalue weighted by Crippen LogP contribution is 2.28. The molecule has 2 nitrogen and oxygen atoms in total. The summed E-state index contributed by atoms with van der Waals surface area (Å²) >= 11 is 0. The van der Waals surface area contributed by atoms with Gasteiger partial charge in [0.05, 0.1) is 12.1 Å². The van der Waals surface area contributed by atoms with Gasteiger partial charge in [0.2, 0.25) is 0 Å². The molecule has 1 N–H and O–H groups in total. The molecule has 2 rings (SSSR count). The van der Waals surface area contributed by atoms with Gasteiger partial charge in [-0.1, -0.05) is 36.2 Å². The number of benzene rings is 1. The summed E-state index contributed by atoms with van der Waals surface area (Å²) in [6, 6.07) is 7.13. The van der Waals surface area contributed by atoms with E-state index in [9.17, 15) is 0 Å². The molecule has 2 unspecified atom stereocenters. The number of likely N-dealkylation sites (N-methyl/N-ethyl adjacent to an activating group) is 1. The Morgan fingerprint density at radius 3 is 2.53 bits per heavy atom. The summed E-state index contributed by atoms with van der Waals surface area (Å²) in [5.41, 5.74) is 4.04. The van der Waals surface area contributed by atoms with Gasteiger partial charge in [-0.15, -0.1) is 0 Å². The van der Waals surface area contributed by atoms with Gasteiger partial charge in [0.1, 0.15) is 0 Å². The van der Waals surface area contributed by atoms with E-state index < -0.39 is 0 Å². The van der Waals surface area contributed by atoms with E-state index in [2.05, 4.69) is 44.3 Å². The second-order valence-corrected chi connectivity index (χ2v) is 5.01. The van der Waals surface area contributed by atoms with Crippen LogP contribution in [0.1, 0.15) is 42.5 Å². The molecule has 1 aromatic carbocycles. The molecule has 1 aliphatic heterocycles. The number of aryl methyl sites for hydroxylation is 2. The summed E-state index contributed by atoms with van der Waals surface area (Å²) in [5.74, 6) is 0. The second kappa shape index (κ2) is 5.65. The summed E-state index contributed by atoms with van der Waals surface area (Å²) in [5, 5.41) is 3.57. The molecule has 94 valence electrons. The zero-order valence-electron chi connectivity index (χ0n) is 11.1. The van der Waals surface area contributed by atoms with Crippen LogP contribution in [0.4, 0.5) is 0 Å². The van der Waals surface area contributed by atoms with Crippen LogP contribution >= 0.6 is 0 Å². The Balaban J connectivity index is 2.24. The van der Waals surface area contributed by atoms with Crippen LogP contribution in [0.2, 0.25) is 0 Å². The Bertz CT molecular complexity index is 349. The zero-order chi connectivity index (χ0) is 12.3. The monoisotopic (exact) mass is 233 g/mol. The molecule has 1 aliphatic rings. The fourth-order valence-electron chi connectivity index (χ4n) is 2.74. The Morgan fingerprint density at radius 2 is 2.00 bits per heavy atom. The number of hydrogen-bond acceptors (Lipinski definition) is 2. The van der Waals surface area contributed by atoms with Gasteiger partial charge in [0.25, 0.3) is 0 Å². The van der Waals surface area contributed by atoms with Gasteiger partial charge in [-0.3, -0.25) is 0 Å². The van der Waals surface area contributed by atoms with Crippen molar-refractivity contribution in [1.82, 2.24) is 5.32 Å². The van der Waals surface area contributed by atoms with Crippen molar-refractivity contribution in [2.24, 2.45) is 0 Å². The van der Waals surface area contributed by atoms with Gasteiger partial charge in [0.15, 0.2) is 0 Å². The van der Waals surface area contributed by atoms with Crippen molar-refractivity contribution >= 4 is 0 Å². The lowest BCUT2D eigenvalue weighted by atomic mass is 9.96. The van der Waals surface area contributed by atoms with Crippen molar-refractivity contribution in [1.29, 1.82) is 0 Å². The van der Waals surface area contributed by atoms with Crippen LogP contribution < -0.4 is 5.32 Å². The molecular formula is C15H23NO. The van der Waals surface area contributed by atoms with Crippen LogP contribution in [0, 0.1) is 13.8 Å². The van der Waals surface area contributed by atoms with Crippen molar-refractivity contribution in [2.45, 2.75) is 45.8 Å². The normalized spacial score (nSPS) is 21.7. The van der Waals surface area contributed by atoms with E-state index in [-0.39, 0.29) is 0 Å². The molecule has 0 radical (unpaired) electrons. The third-order valence-electron chi connectivity index (χ3n) is 3.36. The van der Waals surface area contributed by atoms with Crippen LogP contribution in [0.3, 0.4) is 0 Å². The molecule has 0 spiro atoms. The van der Waals surface area contributed by atoms with Crippen LogP contribution in [-0.2, 0) is 4.74 Å². The summed E-state index contributed by atoms with van der Waals surface area (Å²) in [4.78, 5) is 0. The van der Waals surface area contributed by atoms with E-state index in [1.54, 1.807) is 0 Å². The van der Waals surface area contributed by atoms with Crippen LogP contribution in [0.25, 0.3) is 0 Å². The zero-order valence-corrected chi connectivity index (χ0v) is 11.1. The summed E-state index contributed by atoms with van der Waals surface area (Å²) in [6.45, 7) is 8.38. The average Bonchev–Trinajstić information content (AvgIpc) is 2.77. The highest BCUT2D eigenvalue weighted by atomic mass is 16.5. The molecule has 1 aromatic rings. The van der Waals surface area contributed by atoms with Gasteiger partial charge < -0.3 is 10.1 Å². The lowest BCUT2D eigenvalue weighted by Gasteiger charge is -2.25. The summed E-state index contributed by atoms with van der Waals surface area (Å²) in [6.07, 6.45) is 2.71. The minimum Gasteiger partial charge on any atom is -0.376 e. The summed E-state index contributed by atoms with van der Waals surface area (Å²) in [7, 11) is 0. The van der Waals surface area contributed by atoms with E-state index in [1.165, 1.54) is 29.5 Å². The predicted molar refractivity (Wildman–Crippen MR) is 71.3 cm³/mol.